The lowest BCUT2D eigenvalue weighted by Gasteiger charge is -2.29. The standard InChI is InChI=1S/C17H23BrN2O5/c1-3-24-17(23)9-15(21)19-11-4-6-12(7-5-11)25-14-8-16(22)20(2)10-13(14)18/h8,10-12H,3-7,9H2,1-2H3,(H,19,21)/t11-,12-. The Bertz CT molecular complexity index is 680. The Morgan fingerprint density at radius 1 is 1.32 bits per heavy atom. The minimum Gasteiger partial charge on any atom is -0.489 e. The average Bonchev–Trinajstić information content (AvgIpc) is 2.54. The summed E-state index contributed by atoms with van der Waals surface area (Å²) in [6.45, 7) is 1.98. The summed E-state index contributed by atoms with van der Waals surface area (Å²) in [5, 5.41) is 2.86. The van der Waals surface area contributed by atoms with Crippen molar-refractivity contribution < 1.29 is 19.1 Å². The minimum absolute atomic E-state index is 0.00150. The third kappa shape index (κ3) is 5.88. The largest absolute Gasteiger partial charge is 0.489 e. The highest BCUT2D eigenvalue weighted by Crippen LogP contribution is 2.28. The fourth-order valence-corrected chi connectivity index (χ4v) is 3.31. The molecule has 0 saturated heterocycles. The van der Waals surface area contributed by atoms with E-state index >= 15 is 0 Å². The van der Waals surface area contributed by atoms with Crippen molar-refractivity contribution in [3.63, 3.8) is 0 Å². The quantitative estimate of drug-likeness (QED) is 0.567. The molecule has 1 amide bonds. The highest BCUT2D eigenvalue weighted by molar-refractivity contribution is 9.10. The monoisotopic (exact) mass is 414 g/mol. The zero-order valence-corrected chi connectivity index (χ0v) is 16.0. The SMILES string of the molecule is CCOC(=O)CC(=O)N[C@H]1CC[C@H](Oc2cc(=O)n(C)cc2Br)CC1. The fourth-order valence-electron chi connectivity index (χ4n) is 2.80. The fraction of sp³-hybridized carbons (Fsp3) is 0.588. The van der Waals surface area contributed by atoms with Gasteiger partial charge < -0.3 is 19.4 Å². The molecule has 8 heteroatoms. The number of halogens is 1. The van der Waals surface area contributed by atoms with Gasteiger partial charge in [-0.15, -0.1) is 0 Å². The number of pyridine rings is 1. The van der Waals surface area contributed by atoms with Gasteiger partial charge in [0.1, 0.15) is 12.2 Å². The maximum Gasteiger partial charge on any atom is 0.315 e. The summed E-state index contributed by atoms with van der Waals surface area (Å²) < 4.78 is 12.9. The van der Waals surface area contributed by atoms with E-state index in [2.05, 4.69) is 21.2 Å². The van der Waals surface area contributed by atoms with E-state index in [4.69, 9.17) is 9.47 Å². The molecule has 1 N–H and O–H groups in total. The van der Waals surface area contributed by atoms with Gasteiger partial charge in [0, 0.05) is 25.4 Å². The Kier molecular flexibility index (Phi) is 7.04. The zero-order valence-electron chi connectivity index (χ0n) is 14.4. The summed E-state index contributed by atoms with van der Waals surface area (Å²) >= 11 is 3.40. The van der Waals surface area contributed by atoms with E-state index in [1.165, 1.54) is 10.6 Å². The molecule has 25 heavy (non-hydrogen) atoms. The molecule has 0 radical (unpaired) electrons. The van der Waals surface area contributed by atoms with Crippen LogP contribution in [-0.2, 0) is 21.4 Å². The van der Waals surface area contributed by atoms with Crippen LogP contribution in [0.1, 0.15) is 39.0 Å². The van der Waals surface area contributed by atoms with Crippen LogP contribution in [0.4, 0.5) is 0 Å². The number of rotatable bonds is 6. The molecular formula is C17H23BrN2O5. The number of hydrogen-bond acceptors (Lipinski definition) is 5. The summed E-state index contributed by atoms with van der Waals surface area (Å²) in [5.74, 6) is -0.275. The van der Waals surface area contributed by atoms with Crippen molar-refractivity contribution in [2.45, 2.75) is 51.2 Å². The maximum absolute atomic E-state index is 11.8. The summed E-state index contributed by atoms with van der Waals surface area (Å²) in [7, 11) is 1.68. The van der Waals surface area contributed by atoms with Crippen LogP contribution in [0.5, 0.6) is 5.75 Å². The number of nitrogens with one attached hydrogen (secondary N) is 1. The molecule has 7 nitrogen and oxygen atoms in total. The Balaban J connectivity index is 1.80. The van der Waals surface area contributed by atoms with Crippen LogP contribution >= 0.6 is 15.9 Å². The molecule has 1 aromatic rings. The molecule has 138 valence electrons. The lowest BCUT2D eigenvalue weighted by molar-refractivity contribution is -0.146. The molecule has 1 aliphatic carbocycles. The topological polar surface area (TPSA) is 86.6 Å². The number of aromatic nitrogens is 1. The molecule has 0 atom stereocenters. The van der Waals surface area contributed by atoms with Crippen LogP contribution in [0.3, 0.4) is 0 Å². The number of carbonyl (C=O) groups is 2. The summed E-state index contributed by atoms with van der Waals surface area (Å²) in [6.07, 6.45) is 4.51. The van der Waals surface area contributed by atoms with Gasteiger partial charge in [0.05, 0.1) is 17.2 Å². The van der Waals surface area contributed by atoms with Crippen molar-refractivity contribution in [2.24, 2.45) is 7.05 Å². The number of amides is 1. The van der Waals surface area contributed by atoms with E-state index in [0.29, 0.717) is 5.75 Å². The summed E-state index contributed by atoms with van der Waals surface area (Å²) in [4.78, 5) is 34.8. The molecule has 1 saturated carbocycles. The van der Waals surface area contributed by atoms with Gasteiger partial charge >= 0.3 is 5.97 Å². The highest BCUT2D eigenvalue weighted by Gasteiger charge is 2.25. The van der Waals surface area contributed by atoms with Crippen LogP contribution in [0, 0.1) is 0 Å². The highest BCUT2D eigenvalue weighted by atomic mass is 79.9. The van der Waals surface area contributed by atoms with Gasteiger partial charge in [-0.3, -0.25) is 14.4 Å². The van der Waals surface area contributed by atoms with Crippen LogP contribution in [0.25, 0.3) is 0 Å². The number of esters is 1. The molecule has 0 aliphatic heterocycles. The van der Waals surface area contributed by atoms with Gasteiger partial charge in [0.2, 0.25) is 5.91 Å². The zero-order chi connectivity index (χ0) is 18.4. The molecule has 1 fully saturated rings. The Morgan fingerprint density at radius 3 is 2.64 bits per heavy atom. The second kappa shape index (κ2) is 9.03. The normalized spacial score (nSPS) is 20.0. The Morgan fingerprint density at radius 2 is 2.00 bits per heavy atom. The van der Waals surface area contributed by atoms with Gasteiger partial charge in [-0.1, -0.05) is 0 Å². The number of hydrogen-bond donors (Lipinski definition) is 1. The lowest BCUT2D eigenvalue weighted by Crippen LogP contribution is -2.40. The van der Waals surface area contributed by atoms with Crippen LogP contribution in [0.2, 0.25) is 0 Å². The van der Waals surface area contributed by atoms with E-state index in [-0.39, 0.29) is 36.6 Å². The molecule has 1 heterocycles. The number of ether oxygens (including phenoxy) is 2. The summed E-state index contributed by atoms with van der Waals surface area (Å²) in [5.41, 5.74) is -0.127. The van der Waals surface area contributed by atoms with Crippen molar-refractivity contribution in [1.82, 2.24) is 9.88 Å². The van der Waals surface area contributed by atoms with Crippen molar-refractivity contribution in [3.8, 4) is 5.75 Å². The first kappa shape index (κ1) is 19.5. The molecule has 1 aromatic heterocycles. The summed E-state index contributed by atoms with van der Waals surface area (Å²) in [6, 6.07) is 1.51. The number of carbonyl (C=O) groups excluding carboxylic acids is 2. The van der Waals surface area contributed by atoms with E-state index in [1.807, 2.05) is 0 Å². The Labute approximate surface area is 154 Å². The van der Waals surface area contributed by atoms with Gasteiger partial charge in [-0.05, 0) is 48.5 Å². The number of nitrogens with zero attached hydrogens (tertiary/aromatic N) is 1. The van der Waals surface area contributed by atoms with Crippen molar-refractivity contribution in [1.29, 1.82) is 0 Å². The smallest absolute Gasteiger partial charge is 0.315 e. The second-order valence-electron chi connectivity index (χ2n) is 6.08. The van der Waals surface area contributed by atoms with Crippen LogP contribution in [-0.4, -0.2) is 35.2 Å². The molecule has 0 bridgehead atoms. The minimum atomic E-state index is -0.507. The van der Waals surface area contributed by atoms with Crippen molar-refractivity contribution in [2.75, 3.05) is 6.61 Å². The van der Waals surface area contributed by atoms with Crippen molar-refractivity contribution in [3.05, 3.63) is 27.1 Å². The van der Waals surface area contributed by atoms with E-state index in [9.17, 15) is 14.4 Å². The van der Waals surface area contributed by atoms with E-state index < -0.39 is 5.97 Å². The first-order chi connectivity index (χ1) is 11.9. The van der Waals surface area contributed by atoms with Crippen LogP contribution in [0.15, 0.2) is 21.5 Å². The third-order valence-corrected chi connectivity index (χ3v) is 4.68. The van der Waals surface area contributed by atoms with E-state index in [0.717, 1.165) is 30.2 Å². The maximum atomic E-state index is 11.8. The molecule has 0 aromatic carbocycles. The first-order valence-electron chi connectivity index (χ1n) is 8.36. The lowest BCUT2D eigenvalue weighted by atomic mass is 9.93. The van der Waals surface area contributed by atoms with Gasteiger partial charge in [-0.25, -0.2) is 0 Å². The van der Waals surface area contributed by atoms with Gasteiger partial charge in [0.15, 0.2) is 0 Å². The third-order valence-electron chi connectivity index (χ3n) is 4.09. The molecular weight excluding hydrogens is 392 g/mol. The Hall–Kier alpha value is -1.83. The molecule has 2 rings (SSSR count). The predicted octanol–water partition coefficient (Wildman–Crippen LogP) is 1.91. The van der Waals surface area contributed by atoms with Gasteiger partial charge in [-0.2, -0.15) is 0 Å². The molecule has 0 unspecified atom stereocenters. The average molecular weight is 415 g/mol. The van der Waals surface area contributed by atoms with Gasteiger partial charge in [0.25, 0.3) is 5.56 Å². The number of aryl methyl sites for hydroxylation is 1. The predicted molar refractivity (Wildman–Crippen MR) is 95.4 cm³/mol. The van der Waals surface area contributed by atoms with Crippen molar-refractivity contribution >= 4 is 27.8 Å². The second-order valence-corrected chi connectivity index (χ2v) is 6.93. The molecule has 0 spiro atoms. The first-order valence-corrected chi connectivity index (χ1v) is 9.16. The van der Waals surface area contributed by atoms with E-state index in [1.54, 1.807) is 20.2 Å². The van der Waals surface area contributed by atoms with Crippen LogP contribution < -0.4 is 15.6 Å². The molecule has 1 aliphatic rings.